The van der Waals surface area contributed by atoms with Crippen LogP contribution in [-0.4, -0.2) is 62.0 Å². The van der Waals surface area contributed by atoms with Crippen molar-refractivity contribution in [2.45, 2.75) is 18.9 Å². The lowest BCUT2D eigenvalue weighted by Crippen LogP contribution is -2.49. The van der Waals surface area contributed by atoms with Gasteiger partial charge in [-0.2, -0.15) is 0 Å². The molecule has 1 amide bonds. The molecule has 0 aromatic heterocycles. The average molecular weight is 355 g/mol. The summed E-state index contributed by atoms with van der Waals surface area (Å²) in [6.45, 7) is 2.50. The topological polar surface area (TPSA) is 69.7 Å². The molecular formula is C16H22FN3O3S. The molecule has 2 saturated heterocycles. The first-order chi connectivity index (χ1) is 11.5. The second kappa shape index (κ2) is 7.16. The van der Waals surface area contributed by atoms with Gasteiger partial charge in [0.2, 0.25) is 15.9 Å². The number of rotatable bonds is 4. The summed E-state index contributed by atoms with van der Waals surface area (Å²) >= 11 is 0. The maximum absolute atomic E-state index is 13.5. The Kier molecular flexibility index (Phi) is 5.17. The lowest BCUT2D eigenvalue weighted by molar-refractivity contribution is -0.134. The Labute approximate surface area is 141 Å². The van der Waals surface area contributed by atoms with Crippen molar-refractivity contribution >= 4 is 15.9 Å². The fourth-order valence-electron chi connectivity index (χ4n) is 3.32. The number of benzene rings is 1. The number of halogens is 1. The number of hydrogen-bond donors (Lipinski definition) is 1. The van der Waals surface area contributed by atoms with E-state index in [-0.39, 0.29) is 36.5 Å². The maximum Gasteiger partial charge on any atom is 0.224 e. The molecule has 6 nitrogen and oxygen atoms in total. The summed E-state index contributed by atoms with van der Waals surface area (Å²) in [4.78, 5) is 14.3. The summed E-state index contributed by atoms with van der Waals surface area (Å²) < 4.78 is 38.5. The van der Waals surface area contributed by atoms with Crippen molar-refractivity contribution in [2.24, 2.45) is 0 Å². The largest absolute Gasteiger partial charge is 0.333 e. The number of piperazine rings is 1. The minimum absolute atomic E-state index is 0.0899. The first-order valence-electron chi connectivity index (χ1n) is 8.21. The smallest absolute Gasteiger partial charge is 0.224 e. The Hall–Kier alpha value is -1.51. The molecule has 24 heavy (non-hydrogen) atoms. The van der Waals surface area contributed by atoms with Gasteiger partial charge in [0.05, 0.1) is 11.8 Å². The predicted octanol–water partition coefficient (Wildman–Crippen LogP) is 0.724. The van der Waals surface area contributed by atoms with E-state index in [9.17, 15) is 17.6 Å². The van der Waals surface area contributed by atoms with Crippen molar-refractivity contribution in [2.75, 3.05) is 38.5 Å². The second-order valence-electron chi connectivity index (χ2n) is 6.18. The van der Waals surface area contributed by atoms with Crippen molar-refractivity contribution < 1.29 is 17.6 Å². The SMILES string of the molecule is O=C(CCN1CCCS1(=O)=O)N1CCNCC1c1cccc(F)c1. The van der Waals surface area contributed by atoms with Gasteiger partial charge in [0.1, 0.15) is 5.82 Å². The molecule has 1 aromatic carbocycles. The fourth-order valence-corrected chi connectivity index (χ4v) is 4.85. The van der Waals surface area contributed by atoms with E-state index in [1.165, 1.54) is 16.4 Å². The van der Waals surface area contributed by atoms with Gasteiger partial charge in [-0.15, -0.1) is 0 Å². The summed E-state index contributed by atoms with van der Waals surface area (Å²) in [7, 11) is -3.18. The van der Waals surface area contributed by atoms with Gasteiger partial charge in [0.15, 0.2) is 0 Å². The summed E-state index contributed by atoms with van der Waals surface area (Å²) in [5, 5.41) is 3.23. The van der Waals surface area contributed by atoms with Gasteiger partial charge in [-0.3, -0.25) is 4.79 Å². The molecule has 0 saturated carbocycles. The van der Waals surface area contributed by atoms with Gasteiger partial charge in [-0.1, -0.05) is 12.1 Å². The van der Waals surface area contributed by atoms with Crippen LogP contribution in [0, 0.1) is 5.82 Å². The normalized spacial score (nSPS) is 24.2. The molecule has 0 aliphatic carbocycles. The zero-order valence-corrected chi connectivity index (χ0v) is 14.3. The van der Waals surface area contributed by atoms with Gasteiger partial charge in [0, 0.05) is 39.1 Å². The van der Waals surface area contributed by atoms with Crippen molar-refractivity contribution in [1.82, 2.24) is 14.5 Å². The molecule has 2 heterocycles. The van der Waals surface area contributed by atoms with Crippen molar-refractivity contribution in [3.8, 4) is 0 Å². The molecule has 8 heteroatoms. The van der Waals surface area contributed by atoms with Gasteiger partial charge in [-0.05, 0) is 24.1 Å². The highest BCUT2D eigenvalue weighted by atomic mass is 32.2. The first kappa shape index (κ1) is 17.3. The van der Waals surface area contributed by atoms with Crippen LogP contribution >= 0.6 is 0 Å². The van der Waals surface area contributed by atoms with E-state index in [0.29, 0.717) is 32.6 Å². The monoisotopic (exact) mass is 355 g/mol. The zero-order valence-electron chi connectivity index (χ0n) is 13.4. The molecule has 2 aliphatic rings. The lowest BCUT2D eigenvalue weighted by atomic mass is 10.0. The van der Waals surface area contributed by atoms with E-state index in [1.807, 2.05) is 6.07 Å². The number of sulfonamides is 1. The van der Waals surface area contributed by atoms with Gasteiger partial charge >= 0.3 is 0 Å². The van der Waals surface area contributed by atoms with E-state index in [4.69, 9.17) is 0 Å². The predicted molar refractivity (Wildman–Crippen MR) is 88.3 cm³/mol. The molecule has 1 unspecified atom stereocenters. The highest BCUT2D eigenvalue weighted by Gasteiger charge is 2.31. The number of nitrogens with zero attached hydrogens (tertiary/aromatic N) is 2. The quantitative estimate of drug-likeness (QED) is 0.864. The van der Waals surface area contributed by atoms with Gasteiger partial charge in [-0.25, -0.2) is 17.1 Å². The van der Waals surface area contributed by atoms with E-state index in [1.54, 1.807) is 11.0 Å². The third-order valence-corrected chi connectivity index (χ3v) is 6.53. The van der Waals surface area contributed by atoms with Crippen LogP contribution < -0.4 is 5.32 Å². The van der Waals surface area contributed by atoms with Crippen molar-refractivity contribution in [3.63, 3.8) is 0 Å². The Morgan fingerprint density at radius 1 is 1.33 bits per heavy atom. The average Bonchev–Trinajstić information content (AvgIpc) is 2.91. The number of amides is 1. The molecule has 2 aliphatic heterocycles. The van der Waals surface area contributed by atoms with E-state index >= 15 is 0 Å². The van der Waals surface area contributed by atoms with Crippen LogP contribution in [0.4, 0.5) is 4.39 Å². The molecule has 0 bridgehead atoms. The maximum atomic E-state index is 13.5. The molecule has 3 rings (SSSR count). The Balaban J connectivity index is 1.67. The molecule has 0 spiro atoms. The molecule has 1 aromatic rings. The first-order valence-corrected chi connectivity index (χ1v) is 9.82. The second-order valence-corrected chi connectivity index (χ2v) is 8.27. The zero-order chi connectivity index (χ0) is 17.2. The van der Waals surface area contributed by atoms with E-state index in [2.05, 4.69) is 5.32 Å². The lowest BCUT2D eigenvalue weighted by Gasteiger charge is -2.37. The van der Waals surface area contributed by atoms with E-state index in [0.717, 1.165) is 5.56 Å². The van der Waals surface area contributed by atoms with Crippen molar-refractivity contribution in [3.05, 3.63) is 35.6 Å². The minimum atomic E-state index is -3.18. The van der Waals surface area contributed by atoms with Crippen LogP contribution in [0.15, 0.2) is 24.3 Å². The highest BCUT2D eigenvalue weighted by molar-refractivity contribution is 7.89. The van der Waals surface area contributed by atoms with E-state index < -0.39 is 10.0 Å². The third kappa shape index (κ3) is 3.76. The third-order valence-electron chi connectivity index (χ3n) is 4.58. The molecule has 0 radical (unpaired) electrons. The van der Waals surface area contributed by atoms with Gasteiger partial charge < -0.3 is 10.2 Å². The summed E-state index contributed by atoms with van der Waals surface area (Å²) in [5.41, 5.74) is 0.754. The Bertz CT molecular complexity index is 710. The summed E-state index contributed by atoms with van der Waals surface area (Å²) in [5.74, 6) is -0.248. The fraction of sp³-hybridized carbons (Fsp3) is 0.562. The van der Waals surface area contributed by atoms with Crippen LogP contribution in [0.2, 0.25) is 0 Å². The van der Waals surface area contributed by atoms with Crippen LogP contribution in [0.1, 0.15) is 24.4 Å². The number of hydrogen-bond acceptors (Lipinski definition) is 4. The molecule has 2 fully saturated rings. The van der Waals surface area contributed by atoms with Crippen LogP contribution in [0.25, 0.3) is 0 Å². The van der Waals surface area contributed by atoms with Crippen molar-refractivity contribution in [1.29, 1.82) is 0 Å². The van der Waals surface area contributed by atoms with Crippen LogP contribution in [0.3, 0.4) is 0 Å². The summed E-state index contributed by atoms with van der Waals surface area (Å²) in [6, 6.07) is 6.05. The molecular weight excluding hydrogens is 333 g/mol. The van der Waals surface area contributed by atoms with Crippen LogP contribution in [0.5, 0.6) is 0 Å². The molecule has 1 atom stereocenters. The Morgan fingerprint density at radius 3 is 2.88 bits per heavy atom. The molecule has 1 N–H and O–H groups in total. The number of nitrogens with one attached hydrogen (secondary N) is 1. The van der Waals surface area contributed by atoms with Gasteiger partial charge in [0.25, 0.3) is 0 Å². The Morgan fingerprint density at radius 2 is 2.17 bits per heavy atom. The summed E-state index contributed by atoms with van der Waals surface area (Å²) in [6.07, 6.45) is 0.779. The number of carbonyl (C=O) groups excluding carboxylic acids is 1. The molecule has 132 valence electrons. The minimum Gasteiger partial charge on any atom is -0.333 e. The highest BCUT2D eigenvalue weighted by Crippen LogP contribution is 2.24. The standard InChI is InChI=1S/C16H22FN3O3S/c17-14-4-1-3-13(11-14)15-12-18-6-9-20(15)16(21)5-8-19-7-2-10-24(19,22)23/h1,3-4,11,15,18H,2,5-10,12H2. The van der Waals surface area contributed by atoms with Crippen LogP contribution in [-0.2, 0) is 14.8 Å². The number of carbonyl (C=O) groups is 1.